The van der Waals surface area contributed by atoms with E-state index < -0.39 is 53.0 Å². The lowest BCUT2D eigenvalue weighted by atomic mass is 9.90. The molecule has 2 aliphatic heterocycles. The van der Waals surface area contributed by atoms with Gasteiger partial charge in [-0.2, -0.15) is 0 Å². The first kappa shape index (κ1) is 34.7. The SMILES string of the molecule is C[C@@H]1[C@H](CN2CCN(Cc3ccccc3)CC2)O[C@H](c2cccc(NC(=O)c3c(F)c(F)c(F)c(F)c3F)c2)O[C@@H]1c1ccc(CO)cc1. The second-order valence-corrected chi connectivity index (χ2v) is 12.4. The zero-order valence-corrected chi connectivity index (χ0v) is 26.7. The van der Waals surface area contributed by atoms with Crippen molar-refractivity contribution < 1.29 is 41.3 Å². The van der Waals surface area contributed by atoms with E-state index in [0.717, 1.165) is 43.9 Å². The molecule has 1 amide bonds. The number of halogens is 5. The van der Waals surface area contributed by atoms with Crippen molar-refractivity contribution in [1.82, 2.24) is 9.80 Å². The third-order valence-electron chi connectivity index (χ3n) is 9.13. The second-order valence-electron chi connectivity index (χ2n) is 12.4. The second kappa shape index (κ2) is 15.1. The van der Waals surface area contributed by atoms with Gasteiger partial charge in [-0.1, -0.05) is 73.7 Å². The Labute approximate surface area is 280 Å². The van der Waals surface area contributed by atoms with E-state index in [0.29, 0.717) is 12.1 Å². The maximum absolute atomic E-state index is 14.3. The minimum absolute atomic E-state index is 0.0344. The fourth-order valence-corrected chi connectivity index (χ4v) is 6.32. The van der Waals surface area contributed by atoms with E-state index in [1.807, 2.05) is 42.5 Å². The van der Waals surface area contributed by atoms with E-state index in [-0.39, 0.29) is 24.3 Å². The molecule has 4 aromatic carbocycles. The first-order valence-electron chi connectivity index (χ1n) is 16.0. The molecular formula is C37H36F5N3O4. The van der Waals surface area contributed by atoms with Gasteiger partial charge in [-0.15, -0.1) is 0 Å². The highest BCUT2D eigenvalue weighted by atomic mass is 19.2. The van der Waals surface area contributed by atoms with Crippen LogP contribution in [0.5, 0.6) is 0 Å². The number of hydrogen-bond donors (Lipinski definition) is 2. The largest absolute Gasteiger partial charge is 0.392 e. The number of carbonyl (C=O) groups excluding carboxylic acids is 1. The van der Waals surface area contributed by atoms with Gasteiger partial charge in [-0.3, -0.25) is 14.6 Å². The summed E-state index contributed by atoms with van der Waals surface area (Å²) in [6, 6.07) is 23.9. The highest BCUT2D eigenvalue weighted by molar-refractivity contribution is 6.04. The fourth-order valence-electron chi connectivity index (χ4n) is 6.32. The Bertz CT molecular complexity index is 1740. The molecule has 4 atom stereocenters. The number of aliphatic hydroxyl groups is 1. The molecule has 6 rings (SSSR count). The number of benzene rings is 4. The van der Waals surface area contributed by atoms with Crippen molar-refractivity contribution in [2.45, 2.75) is 38.6 Å². The molecule has 49 heavy (non-hydrogen) atoms. The molecule has 0 radical (unpaired) electrons. The van der Waals surface area contributed by atoms with Crippen LogP contribution in [-0.2, 0) is 22.6 Å². The first-order valence-corrected chi connectivity index (χ1v) is 16.0. The molecule has 12 heteroatoms. The standard InChI is InChI=1S/C37H36F5N3O4/c1-22-28(20-45-16-14-44(15-17-45)19-23-6-3-2-4-7-23)48-37(49-35(22)25-12-10-24(21-46)11-13-25)26-8-5-9-27(18-26)43-36(47)29-30(38)32(40)34(42)33(41)31(29)39/h2-13,18,22,28,35,37,46H,14-17,19-21H2,1H3,(H,43,47)/t22-,28+,35+,37+/m1/s1. The van der Waals surface area contributed by atoms with Gasteiger partial charge in [0.05, 0.1) is 18.8 Å². The van der Waals surface area contributed by atoms with Gasteiger partial charge in [0.2, 0.25) is 5.82 Å². The normalized spacial score (nSPS) is 21.9. The molecular weight excluding hydrogens is 645 g/mol. The highest BCUT2D eigenvalue weighted by Gasteiger charge is 2.39. The number of piperazine rings is 1. The molecule has 2 aliphatic rings. The molecule has 0 bridgehead atoms. The Kier molecular flexibility index (Phi) is 10.7. The number of amides is 1. The number of rotatable bonds is 9. The number of nitrogens with one attached hydrogen (secondary N) is 1. The average molecular weight is 682 g/mol. The lowest BCUT2D eigenvalue weighted by molar-refractivity contribution is -0.276. The van der Waals surface area contributed by atoms with Crippen molar-refractivity contribution in [3.05, 3.63) is 136 Å². The molecule has 258 valence electrons. The monoisotopic (exact) mass is 681 g/mol. The Hall–Kier alpha value is -4.20. The summed E-state index contributed by atoms with van der Waals surface area (Å²) >= 11 is 0. The predicted molar refractivity (Wildman–Crippen MR) is 172 cm³/mol. The van der Waals surface area contributed by atoms with Crippen LogP contribution in [0.25, 0.3) is 0 Å². The summed E-state index contributed by atoms with van der Waals surface area (Å²) in [6.07, 6.45) is -1.62. The van der Waals surface area contributed by atoms with Crippen LogP contribution < -0.4 is 5.32 Å². The quantitative estimate of drug-likeness (QED) is 0.116. The molecule has 0 spiro atoms. The van der Waals surface area contributed by atoms with E-state index >= 15 is 0 Å². The van der Waals surface area contributed by atoms with Crippen LogP contribution in [0.4, 0.5) is 27.6 Å². The summed E-state index contributed by atoms with van der Waals surface area (Å²) in [4.78, 5) is 17.5. The van der Waals surface area contributed by atoms with Gasteiger partial charge < -0.3 is 19.9 Å². The van der Waals surface area contributed by atoms with E-state index in [4.69, 9.17) is 9.47 Å². The number of carbonyl (C=O) groups is 1. The van der Waals surface area contributed by atoms with Gasteiger partial charge in [0.15, 0.2) is 29.6 Å². The van der Waals surface area contributed by atoms with Gasteiger partial charge in [-0.25, -0.2) is 22.0 Å². The van der Waals surface area contributed by atoms with Gasteiger partial charge in [0.25, 0.3) is 5.91 Å². The summed E-state index contributed by atoms with van der Waals surface area (Å²) < 4.78 is 82.8. The van der Waals surface area contributed by atoms with Crippen molar-refractivity contribution in [2.24, 2.45) is 5.92 Å². The van der Waals surface area contributed by atoms with Crippen LogP contribution in [0.1, 0.15) is 51.9 Å². The number of ether oxygens (including phenoxy) is 2. The third-order valence-corrected chi connectivity index (χ3v) is 9.13. The molecule has 2 saturated heterocycles. The Morgan fingerprint density at radius 3 is 2.04 bits per heavy atom. The van der Waals surface area contributed by atoms with E-state index in [2.05, 4.69) is 34.2 Å². The van der Waals surface area contributed by atoms with Gasteiger partial charge in [0.1, 0.15) is 5.56 Å². The fraction of sp³-hybridized carbons (Fsp3) is 0.324. The van der Waals surface area contributed by atoms with Crippen LogP contribution in [0.15, 0.2) is 78.9 Å². The minimum atomic E-state index is -2.35. The molecule has 2 N–H and O–H groups in total. The maximum Gasteiger partial charge on any atom is 0.261 e. The minimum Gasteiger partial charge on any atom is -0.392 e. The summed E-state index contributed by atoms with van der Waals surface area (Å²) in [5.74, 6) is -12.8. The molecule has 2 fully saturated rings. The third kappa shape index (κ3) is 7.68. The van der Waals surface area contributed by atoms with Crippen LogP contribution in [0.2, 0.25) is 0 Å². The van der Waals surface area contributed by atoms with Crippen molar-refractivity contribution in [1.29, 1.82) is 0 Å². The number of nitrogens with zero attached hydrogens (tertiary/aromatic N) is 2. The van der Waals surface area contributed by atoms with E-state index in [9.17, 15) is 31.9 Å². The number of anilines is 1. The Balaban J connectivity index is 1.20. The topological polar surface area (TPSA) is 74.3 Å². The van der Waals surface area contributed by atoms with Crippen LogP contribution >= 0.6 is 0 Å². The van der Waals surface area contributed by atoms with Crippen LogP contribution in [-0.4, -0.2) is 59.6 Å². The Morgan fingerprint density at radius 2 is 1.39 bits per heavy atom. The molecule has 0 aromatic heterocycles. The highest BCUT2D eigenvalue weighted by Crippen LogP contribution is 2.42. The number of hydrogen-bond acceptors (Lipinski definition) is 6. The molecule has 2 heterocycles. The van der Waals surface area contributed by atoms with Gasteiger partial charge in [-0.05, 0) is 28.8 Å². The molecule has 4 aromatic rings. The Morgan fingerprint density at radius 1 is 0.755 bits per heavy atom. The van der Waals surface area contributed by atoms with Crippen molar-refractivity contribution >= 4 is 11.6 Å². The summed E-state index contributed by atoms with van der Waals surface area (Å²) in [7, 11) is 0. The maximum atomic E-state index is 14.3. The molecule has 0 unspecified atom stereocenters. The van der Waals surface area contributed by atoms with E-state index in [1.165, 1.54) is 17.7 Å². The summed E-state index contributed by atoms with van der Waals surface area (Å²) in [5.41, 5.74) is 1.81. The smallest absolute Gasteiger partial charge is 0.261 e. The van der Waals surface area contributed by atoms with Crippen molar-refractivity contribution in [2.75, 3.05) is 38.0 Å². The average Bonchev–Trinajstić information content (AvgIpc) is 3.12. The molecule has 0 saturated carbocycles. The van der Waals surface area contributed by atoms with Gasteiger partial charge in [0, 0.05) is 56.4 Å². The van der Waals surface area contributed by atoms with Crippen LogP contribution in [0, 0.1) is 35.0 Å². The summed E-state index contributed by atoms with van der Waals surface area (Å²) in [5, 5.41) is 11.8. The van der Waals surface area contributed by atoms with Gasteiger partial charge >= 0.3 is 0 Å². The zero-order valence-electron chi connectivity index (χ0n) is 26.7. The lowest BCUT2D eigenvalue weighted by Gasteiger charge is -2.44. The van der Waals surface area contributed by atoms with Crippen molar-refractivity contribution in [3.8, 4) is 0 Å². The number of aliphatic hydroxyl groups excluding tert-OH is 1. The van der Waals surface area contributed by atoms with Crippen molar-refractivity contribution in [3.63, 3.8) is 0 Å². The molecule has 0 aliphatic carbocycles. The molecule has 7 nitrogen and oxygen atoms in total. The predicted octanol–water partition coefficient (Wildman–Crippen LogP) is 6.74. The zero-order chi connectivity index (χ0) is 34.7. The van der Waals surface area contributed by atoms with E-state index in [1.54, 1.807) is 12.1 Å². The summed E-state index contributed by atoms with van der Waals surface area (Å²) in [6.45, 7) is 6.94. The lowest BCUT2D eigenvalue weighted by Crippen LogP contribution is -2.51. The van der Waals surface area contributed by atoms with Crippen LogP contribution in [0.3, 0.4) is 0 Å². The first-order chi connectivity index (χ1) is 23.6.